The molecule has 8 heteroatoms. The number of aromatic hydroxyl groups is 1. The first kappa shape index (κ1) is 19.0. The van der Waals surface area contributed by atoms with Gasteiger partial charge in [0.25, 0.3) is 5.56 Å². The van der Waals surface area contributed by atoms with Gasteiger partial charge in [0.15, 0.2) is 6.17 Å². The predicted octanol–water partition coefficient (Wildman–Crippen LogP) is 2.70. The minimum atomic E-state index is -1.08. The highest BCUT2D eigenvalue weighted by atomic mass is 19.1. The second-order valence-corrected chi connectivity index (χ2v) is 8.18. The molecule has 3 aromatic rings. The summed E-state index contributed by atoms with van der Waals surface area (Å²) in [5.74, 6) is 0.260. The van der Waals surface area contributed by atoms with E-state index in [2.05, 4.69) is 15.5 Å². The van der Waals surface area contributed by atoms with E-state index in [4.69, 9.17) is 4.74 Å². The molecular formula is C22H23FN4O3. The number of alkyl halides is 1. The van der Waals surface area contributed by atoms with E-state index in [1.165, 1.54) is 4.57 Å². The number of benzene rings is 1. The number of ether oxygens (including phenoxy) is 1. The van der Waals surface area contributed by atoms with E-state index in [9.17, 15) is 14.3 Å². The summed E-state index contributed by atoms with van der Waals surface area (Å²) in [6, 6.07) is 8.33. The monoisotopic (exact) mass is 410 g/mol. The van der Waals surface area contributed by atoms with Gasteiger partial charge in [-0.1, -0.05) is 6.42 Å². The predicted molar refractivity (Wildman–Crippen MR) is 110 cm³/mol. The average molecular weight is 410 g/mol. The third-order valence-electron chi connectivity index (χ3n) is 6.16. The number of hydrogen-bond donors (Lipinski definition) is 2. The number of aromatic nitrogens is 3. The van der Waals surface area contributed by atoms with Crippen molar-refractivity contribution in [3.05, 3.63) is 46.9 Å². The van der Waals surface area contributed by atoms with Gasteiger partial charge in [-0.3, -0.25) is 4.79 Å². The second-order valence-electron chi connectivity index (χ2n) is 8.18. The number of hydrogen-bond acceptors (Lipinski definition) is 6. The zero-order valence-corrected chi connectivity index (χ0v) is 16.6. The Bertz CT molecular complexity index is 1150. The van der Waals surface area contributed by atoms with E-state index in [0.717, 1.165) is 19.3 Å². The van der Waals surface area contributed by atoms with Gasteiger partial charge >= 0.3 is 0 Å². The van der Waals surface area contributed by atoms with Crippen LogP contribution < -0.4 is 15.6 Å². The van der Waals surface area contributed by atoms with Gasteiger partial charge in [-0.2, -0.15) is 0 Å². The van der Waals surface area contributed by atoms with Crippen LogP contribution in [0.3, 0.4) is 0 Å². The first-order valence-electron chi connectivity index (χ1n) is 10.2. The lowest BCUT2D eigenvalue weighted by Crippen LogP contribution is -2.59. The lowest BCUT2D eigenvalue weighted by atomic mass is 9.84. The van der Waals surface area contributed by atoms with E-state index < -0.39 is 12.3 Å². The van der Waals surface area contributed by atoms with Crippen LogP contribution in [0.2, 0.25) is 0 Å². The van der Waals surface area contributed by atoms with Crippen molar-refractivity contribution in [3.63, 3.8) is 0 Å². The summed E-state index contributed by atoms with van der Waals surface area (Å²) in [6.45, 7) is 0. The summed E-state index contributed by atoms with van der Waals surface area (Å²) in [5, 5.41) is 23.1. The van der Waals surface area contributed by atoms with Gasteiger partial charge in [-0.15, -0.1) is 10.2 Å². The van der Waals surface area contributed by atoms with Gasteiger partial charge in [-0.05, 0) is 42.5 Å². The molecule has 7 nitrogen and oxygen atoms in total. The summed E-state index contributed by atoms with van der Waals surface area (Å²) < 4.78 is 22.0. The third kappa shape index (κ3) is 3.31. The number of rotatable bonds is 3. The van der Waals surface area contributed by atoms with Crippen LogP contribution in [0.4, 0.5) is 4.39 Å². The van der Waals surface area contributed by atoms with Crippen LogP contribution in [0.15, 0.2) is 41.3 Å². The summed E-state index contributed by atoms with van der Waals surface area (Å²) in [5.41, 5.74) is 0.656. The van der Waals surface area contributed by atoms with Crippen molar-refractivity contribution < 1.29 is 14.2 Å². The van der Waals surface area contributed by atoms with E-state index in [0.29, 0.717) is 28.5 Å². The number of fused-ring (bicyclic) bond motifs is 3. The zero-order chi connectivity index (χ0) is 20.8. The summed E-state index contributed by atoms with van der Waals surface area (Å²) in [4.78, 5) is 12.4. The zero-order valence-electron chi connectivity index (χ0n) is 16.6. The Kier molecular flexibility index (Phi) is 4.66. The minimum Gasteiger partial charge on any atom is -0.507 e. The van der Waals surface area contributed by atoms with Crippen LogP contribution in [0, 0.1) is 0 Å². The molecule has 2 N–H and O–H groups in total. The van der Waals surface area contributed by atoms with Crippen LogP contribution in [0.5, 0.6) is 11.6 Å². The molecule has 2 aliphatic rings. The van der Waals surface area contributed by atoms with Crippen molar-refractivity contribution in [2.75, 3.05) is 0 Å². The molecule has 2 bridgehead atoms. The first-order valence-corrected chi connectivity index (χ1v) is 10.2. The lowest BCUT2D eigenvalue weighted by molar-refractivity contribution is 0.00652. The van der Waals surface area contributed by atoms with E-state index in [-0.39, 0.29) is 29.3 Å². The average Bonchev–Trinajstić information content (AvgIpc) is 2.75. The molecule has 0 amide bonds. The Hall–Kier alpha value is -3.00. The molecule has 5 rings (SSSR count). The molecule has 0 radical (unpaired) electrons. The molecule has 156 valence electrons. The highest BCUT2D eigenvalue weighted by Gasteiger charge is 2.41. The number of aryl methyl sites for hydroxylation is 1. The van der Waals surface area contributed by atoms with Crippen LogP contribution in [-0.2, 0) is 7.05 Å². The van der Waals surface area contributed by atoms with E-state index in [1.54, 1.807) is 43.6 Å². The maximum Gasteiger partial charge on any atom is 0.258 e. The molecule has 0 saturated carbocycles. The molecule has 2 fully saturated rings. The number of phenols is 1. The Labute approximate surface area is 172 Å². The fourth-order valence-electron chi connectivity index (χ4n) is 4.54. The number of nitrogens with one attached hydrogen (secondary N) is 1. The summed E-state index contributed by atoms with van der Waals surface area (Å²) in [7, 11) is 1.67. The number of nitrogens with zero attached hydrogens (tertiary/aromatic N) is 3. The van der Waals surface area contributed by atoms with Gasteiger partial charge in [-0.25, -0.2) is 4.39 Å². The van der Waals surface area contributed by atoms with Crippen molar-refractivity contribution in [3.8, 4) is 22.9 Å². The van der Waals surface area contributed by atoms with Crippen molar-refractivity contribution in [2.45, 2.75) is 50.0 Å². The smallest absolute Gasteiger partial charge is 0.258 e. The standard InChI is InChI=1S/C22H23FN4O3/c1-27-8-7-12-9-18(28)15(11-14(12)22(27)29)16-5-6-20(26-25-16)30-19-10-13-3-2-4-17(24-13)21(19)23/h5-9,11,13,17,19,21,24,28H,2-4,10H2,1H3/t13-,17+,19-,21+/m0/s1. The first-order chi connectivity index (χ1) is 14.5. The minimum absolute atomic E-state index is 0.00808. The number of piperidine rings is 2. The van der Waals surface area contributed by atoms with Crippen LogP contribution in [0.1, 0.15) is 25.7 Å². The second kappa shape index (κ2) is 7.36. The fraction of sp³-hybridized carbons (Fsp3) is 0.409. The molecule has 30 heavy (non-hydrogen) atoms. The largest absolute Gasteiger partial charge is 0.507 e. The number of phenolic OH excluding ortho intramolecular Hbond substituents is 1. The molecule has 1 aromatic carbocycles. The lowest BCUT2D eigenvalue weighted by Gasteiger charge is -2.42. The van der Waals surface area contributed by atoms with Crippen LogP contribution in [-0.4, -0.2) is 44.2 Å². The van der Waals surface area contributed by atoms with Crippen LogP contribution >= 0.6 is 0 Å². The maximum absolute atomic E-state index is 14.7. The van der Waals surface area contributed by atoms with Crippen molar-refractivity contribution in [1.29, 1.82) is 0 Å². The van der Waals surface area contributed by atoms with Crippen LogP contribution in [0.25, 0.3) is 22.0 Å². The molecule has 2 saturated heterocycles. The van der Waals surface area contributed by atoms with Gasteiger partial charge in [0.2, 0.25) is 5.88 Å². The van der Waals surface area contributed by atoms with Crippen molar-refractivity contribution in [1.82, 2.24) is 20.1 Å². The molecule has 4 heterocycles. The highest BCUT2D eigenvalue weighted by Crippen LogP contribution is 2.33. The van der Waals surface area contributed by atoms with Gasteiger partial charge < -0.3 is 19.7 Å². The highest BCUT2D eigenvalue weighted by molar-refractivity contribution is 5.89. The quantitative estimate of drug-likeness (QED) is 0.690. The topological polar surface area (TPSA) is 89.3 Å². The van der Waals surface area contributed by atoms with Gasteiger partial charge in [0.1, 0.15) is 11.9 Å². The van der Waals surface area contributed by atoms with Crippen molar-refractivity contribution in [2.24, 2.45) is 7.05 Å². The third-order valence-corrected chi connectivity index (χ3v) is 6.16. The maximum atomic E-state index is 14.7. The molecular weight excluding hydrogens is 387 g/mol. The Morgan fingerprint density at radius 1 is 1.23 bits per heavy atom. The molecule has 0 unspecified atom stereocenters. The fourth-order valence-corrected chi connectivity index (χ4v) is 4.54. The normalized spacial score (nSPS) is 25.9. The molecule has 0 aliphatic carbocycles. The van der Waals surface area contributed by atoms with Gasteiger partial charge in [0.05, 0.1) is 5.69 Å². The van der Waals surface area contributed by atoms with Crippen molar-refractivity contribution >= 4 is 10.8 Å². The van der Waals surface area contributed by atoms with E-state index >= 15 is 0 Å². The summed E-state index contributed by atoms with van der Waals surface area (Å²) >= 11 is 0. The Balaban J connectivity index is 1.41. The number of halogens is 1. The Morgan fingerprint density at radius 2 is 2.10 bits per heavy atom. The molecule has 0 spiro atoms. The van der Waals surface area contributed by atoms with Gasteiger partial charge in [0, 0.05) is 48.8 Å². The molecule has 4 atom stereocenters. The Morgan fingerprint density at radius 3 is 2.90 bits per heavy atom. The molecule has 2 aromatic heterocycles. The summed E-state index contributed by atoms with van der Waals surface area (Å²) in [6.07, 6.45) is 3.54. The molecule has 2 aliphatic heterocycles. The van der Waals surface area contributed by atoms with E-state index in [1.807, 2.05) is 0 Å². The number of pyridine rings is 1. The SMILES string of the molecule is Cn1ccc2cc(O)c(-c3ccc(O[C@H]4C[C@@H]5CCC[C@@H](N5)[C@H]4F)nn3)cc2c1=O.